The quantitative estimate of drug-likeness (QED) is 0.561. The van der Waals surface area contributed by atoms with Crippen molar-refractivity contribution in [2.75, 3.05) is 6.26 Å². The zero-order chi connectivity index (χ0) is 24.0. The Morgan fingerprint density at radius 2 is 1.79 bits per heavy atom. The van der Waals surface area contributed by atoms with Gasteiger partial charge in [-0.3, -0.25) is 9.52 Å². The van der Waals surface area contributed by atoms with Crippen molar-refractivity contribution >= 4 is 22.0 Å². The second kappa shape index (κ2) is 7.96. The molecular formula is C21H18F2N4O5S. The minimum absolute atomic E-state index is 0.0994. The molecule has 1 aromatic heterocycles. The number of nitrogens with one attached hydrogen (secondary N) is 1. The summed E-state index contributed by atoms with van der Waals surface area (Å²) in [6.45, 7) is 0. The Morgan fingerprint density at radius 3 is 2.33 bits per heavy atom. The van der Waals surface area contributed by atoms with E-state index in [4.69, 9.17) is 5.73 Å². The minimum Gasteiger partial charge on any atom is -0.388 e. The maximum absolute atomic E-state index is 14.9. The largest absolute Gasteiger partial charge is 0.411 e. The summed E-state index contributed by atoms with van der Waals surface area (Å²) in [5.41, 5.74) is 5.47. The molecule has 12 heteroatoms. The summed E-state index contributed by atoms with van der Waals surface area (Å²) >= 11 is 0. The standard InChI is InChI=1S/C21H18F2N4O5S/c1-33(30,31)26-19(28)21(8-9-21)13-4-2-12(3-5-13)15-7-6-14(10-16(15)22)27-18(32-20(24)29)17(23)11-25-27/h2-7,10-11H,8-9H2,1H3,(H2,24,29)(H,26,28). The van der Waals surface area contributed by atoms with Crippen molar-refractivity contribution in [2.45, 2.75) is 18.3 Å². The fourth-order valence-electron chi connectivity index (χ4n) is 3.57. The summed E-state index contributed by atoms with van der Waals surface area (Å²) in [5.74, 6) is -2.75. The lowest BCUT2D eigenvalue weighted by molar-refractivity contribution is -0.121. The molecule has 0 atom stereocenters. The van der Waals surface area contributed by atoms with E-state index in [2.05, 4.69) is 9.84 Å². The summed E-state index contributed by atoms with van der Waals surface area (Å²) in [6, 6.07) is 10.5. The highest BCUT2D eigenvalue weighted by Crippen LogP contribution is 2.48. The molecule has 9 nitrogen and oxygen atoms in total. The molecule has 1 heterocycles. The fraction of sp³-hybridized carbons (Fsp3) is 0.190. The van der Waals surface area contributed by atoms with Gasteiger partial charge in [-0.25, -0.2) is 17.6 Å². The smallest absolute Gasteiger partial charge is 0.388 e. The maximum Gasteiger partial charge on any atom is 0.411 e. The van der Waals surface area contributed by atoms with Crippen LogP contribution in [0.15, 0.2) is 48.7 Å². The first-order valence-corrected chi connectivity index (χ1v) is 11.5. The van der Waals surface area contributed by atoms with Crippen LogP contribution in [0.2, 0.25) is 0 Å². The van der Waals surface area contributed by atoms with E-state index >= 15 is 0 Å². The van der Waals surface area contributed by atoms with E-state index < -0.39 is 45.0 Å². The monoisotopic (exact) mass is 476 g/mol. The van der Waals surface area contributed by atoms with Gasteiger partial charge in [-0.1, -0.05) is 24.3 Å². The number of ether oxygens (including phenoxy) is 1. The predicted molar refractivity (Wildman–Crippen MR) is 113 cm³/mol. The summed E-state index contributed by atoms with van der Waals surface area (Å²) in [5, 5.41) is 3.73. The van der Waals surface area contributed by atoms with Crippen LogP contribution in [-0.2, 0) is 20.2 Å². The van der Waals surface area contributed by atoms with E-state index in [1.54, 1.807) is 24.3 Å². The molecule has 1 fully saturated rings. The molecule has 1 aliphatic rings. The van der Waals surface area contributed by atoms with Gasteiger partial charge in [-0.05, 0) is 36.1 Å². The maximum atomic E-state index is 14.9. The van der Waals surface area contributed by atoms with Crippen LogP contribution >= 0.6 is 0 Å². The van der Waals surface area contributed by atoms with Crippen LogP contribution in [-0.4, -0.2) is 36.5 Å². The normalized spacial score (nSPS) is 14.5. The first kappa shape index (κ1) is 22.4. The van der Waals surface area contributed by atoms with Crippen LogP contribution in [0, 0.1) is 11.6 Å². The third-order valence-corrected chi connectivity index (χ3v) is 5.85. The van der Waals surface area contributed by atoms with Gasteiger partial charge in [0.15, 0.2) is 0 Å². The number of nitrogens with two attached hydrogens (primary N) is 1. The van der Waals surface area contributed by atoms with E-state index in [0.717, 1.165) is 23.2 Å². The van der Waals surface area contributed by atoms with Gasteiger partial charge >= 0.3 is 6.09 Å². The molecule has 4 rings (SSSR count). The lowest BCUT2D eigenvalue weighted by Gasteiger charge is -2.15. The fourth-order valence-corrected chi connectivity index (χ4v) is 4.10. The number of aromatic nitrogens is 2. The molecule has 0 aliphatic heterocycles. The number of amides is 2. The van der Waals surface area contributed by atoms with Gasteiger partial charge in [-0.15, -0.1) is 0 Å². The highest BCUT2D eigenvalue weighted by atomic mass is 32.2. The Labute approximate surface area is 187 Å². The van der Waals surface area contributed by atoms with Crippen molar-refractivity contribution in [1.82, 2.24) is 14.5 Å². The lowest BCUT2D eigenvalue weighted by Crippen LogP contribution is -2.38. The molecule has 0 bridgehead atoms. The van der Waals surface area contributed by atoms with Crippen molar-refractivity contribution in [1.29, 1.82) is 0 Å². The van der Waals surface area contributed by atoms with Gasteiger partial charge in [0.2, 0.25) is 21.7 Å². The molecule has 1 aliphatic carbocycles. The second-order valence-electron chi connectivity index (χ2n) is 7.66. The van der Waals surface area contributed by atoms with Gasteiger partial charge in [0.1, 0.15) is 5.82 Å². The summed E-state index contributed by atoms with van der Waals surface area (Å²) in [4.78, 5) is 23.4. The Kier molecular flexibility index (Phi) is 5.40. The highest BCUT2D eigenvalue weighted by Gasteiger charge is 2.52. The second-order valence-corrected chi connectivity index (χ2v) is 9.41. The number of carbonyl (C=O) groups excluding carboxylic acids is 2. The first-order valence-electron chi connectivity index (χ1n) is 9.64. The van der Waals surface area contributed by atoms with Gasteiger partial charge < -0.3 is 10.5 Å². The number of hydrogen-bond donors (Lipinski definition) is 2. The number of nitrogens with zero attached hydrogens (tertiary/aromatic N) is 2. The molecular weight excluding hydrogens is 458 g/mol. The number of primary amides is 1. The average Bonchev–Trinajstić information content (AvgIpc) is 3.47. The molecule has 33 heavy (non-hydrogen) atoms. The van der Waals surface area contributed by atoms with E-state index in [-0.39, 0.29) is 11.3 Å². The van der Waals surface area contributed by atoms with Gasteiger partial charge in [0.05, 0.1) is 23.6 Å². The Balaban J connectivity index is 1.60. The SMILES string of the molecule is CS(=O)(=O)NC(=O)C1(c2ccc(-c3ccc(-n4ncc(F)c4OC(N)=O)cc3F)cc2)CC1. The molecule has 1 saturated carbocycles. The first-order chi connectivity index (χ1) is 15.5. The van der Waals surface area contributed by atoms with Crippen molar-refractivity contribution < 1.29 is 31.5 Å². The third kappa shape index (κ3) is 4.42. The van der Waals surface area contributed by atoms with Crippen LogP contribution in [0.3, 0.4) is 0 Å². The molecule has 0 saturated heterocycles. The Bertz CT molecular complexity index is 1370. The molecule has 2 aromatic carbocycles. The zero-order valence-corrected chi connectivity index (χ0v) is 18.0. The van der Waals surface area contributed by atoms with Crippen LogP contribution in [0.25, 0.3) is 16.8 Å². The highest BCUT2D eigenvalue weighted by molar-refractivity contribution is 7.89. The molecule has 3 N–H and O–H groups in total. The topological polar surface area (TPSA) is 133 Å². The molecule has 0 spiro atoms. The molecule has 3 aromatic rings. The summed E-state index contributed by atoms with van der Waals surface area (Å²) < 4.78 is 59.0. The zero-order valence-electron chi connectivity index (χ0n) is 17.2. The lowest BCUT2D eigenvalue weighted by atomic mass is 9.93. The van der Waals surface area contributed by atoms with E-state index in [9.17, 15) is 26.8 Å². The third-order valence-electron chi connectivity index (χ3n) is 5.29. The van der Waals surface area contributed by atoms with Gasteiger partial charge in [0, 0.05) is 11.6 Å². The van der Waals surface area contributed by atoms with Crippen LogP contribution < -0.4 is 15.2 Å². The Hall–Kier alpha value is -3.80. The van der Waals surface area contributed by atoms with Gasteiger partial charge in [0.25, 0.3) is 5.88 Å². The number of carbonyl (C=O) groups is 2. The molecule has 0 unspecified atom stereocenters. The van der Waals surface area contributed by atoms with Crippen molar-refractivity contribution in [3.63, 3.8) is 0 Å². The number of sulfonamides is 1. The van der Waals surface area contributed by atoms with Gasteiger partial charge in [-0.2, -0.15) is 14.2 Å². The number of halogens is 2. The van der Waals surface area contributed by atoms with Crippen LogP contribution in [0.5, 0.6) is 5.88 Å². The summed E-state index contributed by atoms with van der Waals surface area (Å²) in [7, 11) is -3.68. The Morgan fingerprint density at radius 1 is 1.12 bits per heavy atom. The summed E-state index contributed by atoms with van der Waals surface area (Å²) in [6.07, 6.45) is 1.49. The number of benzene rings is 2. The molecule has 0 radical (unpaired) electrons. The molecule has 172 valence electrons. The number of hydrogen-bond acceptors (Lipinski definition) is 6. The van der Waals surface area contributed by atoms with Crippen molar-refractivity contribution in [3.05, 3.63) is 65.9 Å². The van der Waals surface area contributed by atoms with Crippen molar-refractivity contribution in [2.24, 2.45) is 5.73 Å². The molecule has 2 amide bonds. The van der Waals surface area contributed by atoms with E-state index in [1.807, 2.05) is 4.72 Å². The predicted octanol–water partition coefficient (Wildman–Crippen LogP) is 2.38. The minimum atomic E-state index is -3.68. The van der Waals surface area contributed by atoms with Crippen LogP contribution in [0.1, 0.15) is 18.4 Å². The van der Waals surface area contributed by atoms with E-state index in [0.29, 0.717) is 24.0 Å². The average molecular weight is 476 g/mol. The van der Waals surface area contributed by atoms with E-state index in [1.165, 1.54) is 12.1 Å². The van der Waals surface area contributed by atoms with Crippen LogP contribution in [0.4, 0.5) is 13.6 Å². The number of rotatable bonds is 6. The van der Waals surface area contributed by atoms with Crippen molar-refractivity contribution in [3.8, 4) is 22.7 Å².